The third-order valence-corrected chi connectivity index (χ3v) is 4.05. The van der Waals surface area contributed by atoms with Crippen LogP contribution in [0.4, 0.5) is 0 Å². The van der Waals surface area contributed by atoms with E-state index in [1.807, 2.05) is 42.5 Å². The molecule has 0 aliphatic carbocycles. The van der Waals surface area contributed by atoms with Gasteiger partial charge in [-0.2, -0.15) is 10.4 Å². The van der Waals surface area contributed by atoms with E-state index in [-0.39, 0.29) is 12.2 Å². The molecule has 2 aromatic heterocycles. The van der Waals surface area contributed by atoms with Gasteiger partial charge in [-0.3, -0.25) is 4.98 Å². The molecular formula is C22H20N4O3. The fraction of sp³-hybridized carbons (Fsp3) is 0.182. The molecule has 3 rings (SSSR count). The molecule has 0 saturated heterocycles. The lowest BCUT2D eigenvalue weighted by Gasteiger charge is -2.11. The Kier molecular flexibility index (Phi) is 6.51. The third kappa shape index (κ3) is 4.94. The van der Waals surface area contributed by atoms with E-state index >= 15 is 0 Å². The monoisotopic (exact) mass is 388 g/mol. The summed E-state index contributed by atoms with van der Waals surface area (Å²) >= 11 is 0. The third-order valence-electron chi connectivity index (χ3n) is 4.05. The predicted octanol–water partition coefficient (Wildman–Crippen LogP) is 3.42. The highest BCUT2D eigenvalue weighted by Crippen LogP contribution is 2.25. The first-order valence-corrected chi connectivity index (χ1v) is 8.99. The van der Waals surface area contributed by atoms with Gasteiger partial charge in [0.25, 0.3) is 0 Å². The number of hydrogen-bond acceptors (Lipinski definition) is 6. The van der Waals surface area contributed by atoms with E-state index in [1.165, 1.54) is 13.2 Å². The highest BCUT2D eigenvalue weighted by atomic mass is 16.6. The summed E-state index contributed by atoms with van der Waals surface area (Å²) in [6.45, 7) is 1.95. The standard InChI is InChI=1S/C22H20N4O3/c1-16(15-28-2)29-22(27)18(12-23)11-19-14-26(20-8-4-3-5-9-20)25-21(19)17-7-6-10-24-13-17/h3-11,13-14,16H,15H2,1-2H3/b18-11+/t16-/m0/s1. The smallest absolute Gasteiger partial charge is 0.349 e. The van der Waals surface area contributed by atoms with Crippen molar-refractivity contribution < 1.29 is 14.3 Å². The molecule has 0 fully saturated rings. The Balaban J connectivity index is 2.02. The molecule has 7 nitrogen and oxygen atoms in total. The summed E-state index contributed by atoms with van der Waals surface area (Å²) in [4.78, 5) is 16.5. The zero-order valence-electron chi connectivity index (χ0n) is 16.1. The van der Waals surface area contributed by atoms with Crippen molar-refractivity contribution >= 4 is 12.0 Å². The first-order chi connectivity index (χ1) is 14.1. The number of aromatic nitrogens is 3. The van der Waals surface area contributed by atoms with E-state index in [2.05, 4.69) is 10.1 Å². The Hall–Kier alpha value is -3.76. The Bertz CT molecular complexity index is 1040. The molecule has 7 heteroatoms. The molecule has 0 amide bonds. The van der Waals surface area contributed by atoms with Crippen molar-refractivity contribution in [1.82, 2.24) is 14.8 Å². The van der Waals surface area contributed by atoms with Gasteiger partial charge in [0, 0.05) is 36.8 Å². The quantitative estimate of drug-likeness (QED) is 0.350. The topological polar surface area (TPSA) is 90.0 Å². The minimum absolute atomic E-state index is 0.120. The summed E-state index contributed by atoms with van der Waals surface area (Å²) in [7, 11) is 1.52. The molecule has 29 heavy (non-hydrogen) atoms. The second kappa shape index (κ2) is 9.44. The van der Waals surface area contributed by atoms with Crippen LogP contribution in [0.1, 0.15) is 12.5 Å². The van der Waals surface area contributed by atoms with E-state index in [0.717, 1.165) is 11.3 Å². The summed E-state index contributed by atoms with van der Waals surface area (Å²) in [5.41, 5.74) is 2.71. The number of nitrogens with zero attached hydrogens (tertiary/aromatic N) is 4. The van der Waals surface area contributed by atoms with Crippen LogP contribution in [0.25, 0.3) is 23.0 Å². The number of nitriles is 1. The number of rotatable bonds is 7. The number of hydrogen-bond donors (Lipinski definition) is 0. The normalized spacial score (nSPS) is 12.2. The van der Waals surface area contributed by atoms with Crippen molar-refractivity contribution in [3.8, 4) is 23.0 Å². The number of pyridine rings is 1. The van der Waals surface area contributed by atoms with Crippen molar-refractivity contribution in [2.75, 3.05) is 13.7 Å². The van der Waals surface area contributed by atoms with Crippen LogP contribution in [0.3, 0.4) is 0 Å². The number of carbonyl (C=O) groups is 1. The molecule has 146 valence electrons. The van der Waals surface area contributed by atoms with Crippen LogP contribution < -0.4 is 0 Å². The second-order valence-electron chi connectivity index (χ2n) is 6.30. The summed E-state index contributed by atoms with van der Waals surface area (Å²) in [6, 6.07) is 15.2. The Morgan fingerprint density at radius 1 is 1.28 bits per heavy atom. The van der Waals surface area contributed by atoms with Gasteiger partial charge in [-0.15, -0.1) is 0 Å². The number of para-hydroxylation sites is 1. The second-order valence-corrected chi connectivity index (χ2v) is 6.30. The molecule has 0 radical (unpaired) electrons. The van der Waals surface area contributed by atoms with Gasteiger partial charge in [0.15, 0.2) is 0 Å². The van der Waals surface area contributed by atoms with Crippen LogP contribution in [-0.2, 0) is 14.3 Å². The first kappa shape index (κ1) is 20.0. The molecular weight excluding hydrogens is 368 g/mol. The van der Waals surface area contributed by atoms with Crippen LogP contribution in [-0.4, -0.2) is 40.6 Å². The lowest BCUT2D eigenvalue weighted by molar-refractivity contribution is -0.145. The molecule has 3 aromatic rings. The van der Waals surface area contributed by atoms with Gasteiger partial charge in [-0.25, -0.2) is 9.48 Å². The highest BCUT2D eigenvalue weighted by Gasteiger charge is 2.18. The minimum Gasteiger partial charge on any atom is -0.456 e. The van der Waals surface area contributed by atoms with Gasteiger partial charge in [0.1, 0.15) is 23.4 Å². The summed E-state index contributed by atoms with van der Waals surface area (Å²) < 4.78 is 11.9. The molecule has 0 spiro atoms. The number of benzene rings is 1. The van der Waals surface area contributed by atoms with Gasteiger partial charge in [-0.1, -0.05) is 18.2 Å². The van der Waals surface area contributed by atoms with Crippen LogP contribution >= 0.6 is 0 Å². The van der Waals surface area contributed by atoms with Gasteiger partial charge < -0.3 is 9.47 Å². The molecule has 0 aliphatic rings. The minimum atomic E-state index is -0.707. The van der Waals surface area contributed by atoms with Crippen LogP contribution in [0.5, 0.6) is 0 Å². The summed E-state index contributed by atoms with van der Waals surface area (Å²) in [5, 5.41) is 14.1. The molecule has 2 heterocycles. The fourth-order valence-corrected chi connectivity index (χ4v) is 2.74. The van der Waals surface area contributed by atoms with E-state index in [9.17, 15) is 10.1 Å². The van der Waals surface area contributed by atoms with Gasteiger partial charge in [0.05, 0.1) is 12.3 Å². The van der Waals surface area contributed by atoms with Crippen molar-refractivity contribution in [3.05, 3.63) is 72.2 Å². The maximum atomic E-state index is 12.4. The zero-order chi connectivity index (χ0) is 20.6. The Labute approximate surface area is 168 Å². The molecule has 0 saturated carbocycles. The Morgan fingerprint density at radius 3 is 2.72 bits per heavy atom. The van der Waals surface area contributed by atoms with Crippen LogP contribution in [0.2, 0.25) is 0 Å². The lowest BCUT2D eigenvalue weighted by atomic mass is 10.1. The van der Waals surface area contributed by atoms with Gasteiger partial charge in [-0.05, 0) is 37.3 Å². The Morgan fingerprint density at radius 2 is 2.07 bits per heavy atom. The number of ether oxygens (including phenoxy) is 2. The maximum Gasteiger partial charge on any atom is 0.349 e. The first-order valence-electron chi connectivity index (χ1n) is 8.99. The number of methoxy groups -OCH3 is 1. The van der Waals surface area contributed by atoms with E-state index in [0.29, 0.717) is 11.3 Å². The van der Waals surface area contributed by atoms with E-state index in [1.54, 1.807) is 36.3 Å². The van der Waals surface area contributed by atoms with Gasteiger partial charge in [0.2, 0.25) is 0 Å². The predicted molar refractivity (Wildman–Crippen MR) is 108 cm³/mol. The van der Waals surface area contributed by atoms with Crippen molar-refractivity contribution in [3.63, 3.8) is 0 Å². The van der Waals surface area contributed by atoms with Crippen molar-refractivity contribution in [2.24, 2.45) is 0 Å². The van der Waals surface area contributed by atoms with Crippen LogP contribution in [0.15, 0.2) is 66.6 Å². The number of esters is 1. The highest BCUT2D eigenvalue weighted by molar-refractivity contribution is 5.98. The van der Waals surface area contributed by atoms with Gasteiger partial charge >= 0.3 is 5.97 Å². The average molecular weight is 388 g/mol. The molecule has 0 N–H and O–H groups in total. The largest absolute Gasteiger partial charge is 0.456 e. The summed E-state index contributed by atoms with van der Waals surface area (Å²) in [5.74, 6) is -0.707. The molecule has 0 unspecified atom stereocenters. The van der Waals surface area contributed by atoms with Crippen LogP contribution in [0, 0.1) is 11.3 Å². The number of carbonyl (C=O) groups excluding carboxylic acids is 1. The molecule has 0 bridgehead atoms. The van der Waals surface area contributed by atoms with Crippen molar-refractivity contribution in [2.45, 2.75) is 13.0 Å². The lowest BCUT2D eigenvalue weighted by Crippen LogP contribution is -2.20. The molecule has 0 aliphatic heterocycles. The molecule has 1 atom stereocenters. The molecule has 1 aromatic carbocycles. The maximum absolute atomic E-state index is 12.4. The zero-order valence-corrected chi connectivity index (χ0v) is 16.1. The van der Waals surface area contributed by atoms with E-state index < -0.39 is 12.1 Å². The fourth-order valence-electron chi connectivity index (χ4n) is 2.74. The van der Waals surface area contributed by atoms with Crippen molar-refractivity contribution in [1.29, 1.82) is 5.26 Å². The van der Waals surface area contributed by atoms with E-state index in [4.69, 9.17) is 9.47 Å². The average Bonchev–Trinajstić information content (AvgIpc) is 3.17. The SMILES string of the molecule is COC[C@H](C)OC(=O)/C(C#N)=C/c1cn(-c2ccccc2)nc1-c1cccnc1. The summed E-state index contributed by atoms with van der Waals surface area (Å²) in [6.07, 6.45) is 6.13.